The number of hydrogen-bond donors (Lipinski definition) is 2. The summed E-state index contributed by atoms with van der Waals surface area (Å²) in [6.45, 7) is 6.99. The molecule has 2 rings (SSSR count). The van der Waals surface area contributed by atoms with E-state index in [1.165, 1.54) is 0 Å². The van der Waals surface area contributed by atoms with Crippen molar-refractivity contribution in [2.75, 3.05) is 13.3 Å². The minimum absolute atomic E-state index is 0.0164. The molecule has 0 bridgehead atoms. The van der Waals surface area contributed by atoms with Gasteiger partial charge in [-0.05, 0) is 54.4 Å². The summed E-state index contributed by atoms with van der Waals surface area (Å²) < 4.78 is 11.5. The van der Waals surface area contributed by atoms with Crippen LogP contribution >= 0.6 is 15.9 Å². The van der Waals surface area contributed by atoms with Crippen LogP contribution in [-0.4, -0.2) is 24.8 Å². The van der Waals surface area contributed by atoms with Gasteiger partial charge in [0.25, 0.3) is 0 Å². The second kappa shape index (κ2) is 6.01. The Labute approximate surface area is 127 Å². The molecular weight excluding hydrogens is 324 g/mol. The van der Waals surface area contributed by atoms with Crippen molar-refractivity contribution in [1.29, 1.82) is 0 Å². The highest BCUT2D eigenvalue weighted by atomic mass is 79.9. The highest BCUT2D eigenvalue weighted by Crippen LogP contribution is 2.39. The number of benzene rings is 1. The van der Waals surface area contributed by atoms with Crippen molar-refractivity contribution in [3.8, 4) is 11.5 Å². The molecule has 5 nitrogen and oxygen atoms in total. The molecular formula is C14H19BrN2O3. The maximum absolute atomic E-state index is 11.7. The van der Waals surface area contributed by atoms with Crippen LogP contribution in [0.15, 0.2) is 16.6 Å². The zero-order valence-corrected chi connectivity index (χ0v) is 13.5. The highest BCUT2D eigenvalue weighted by Gasteiger charge is 2.18. The number of rotatable bonds is 4. The maximum Gasteiger partial charge on any atom is 0.234 e. The molecule has 20 heavy (non-hydrogen) atoms. The van der Waals surface area contributed by atoms with Gasteiger partial charge in [0, 0.05) is 12.1 Å². The van der Waals surface area contributed by atoms with Gasteiger partial charge in [-0.25, -0.2) is 0 Å². The molecule has 0 radical (unpaired) electrons. The quantitative estimate of drug-likeness (QED) is 0.880. The molecule has 2 N–H and O–H groups in total. The largest absolute Gasteiger partial charge is 0.454 e. The van der Waals surface area contributed by atoms with Gasteiger partial charge in [-0.3, -0.25) is 4.79 Å². The summed E-state index contributed by atoms with van der Waals surface area (Å²) in [6.07, 6.45) is 0. The van der Waals surface area contributed by atoms with Crippen molar-refractivity contribution in [3.05, 3.63) is 22.2 Å². The third-order valence-electron chi connectivity index (χ3n) is 2.62. The number of carbonyl (C=O) groups is 1. The molecule has 0 spiro atoms. The summed E-state index contributed by atoms with van der Waals surface area (Å²) in [5, 5.41) is 6.02. The third-order valence-corrected chi connectivity index (χ3v) is 3.21. The summed E-state index contributed by atoms with van der Waals surface area (Å²) in [7, 11) is 0. The first-order chi connectivity index (χ1) is 9.35. The first kappa shape index (κ1) is 15.1. The second-order valence-corrected chi connectivity index (χ2v) is 6.57. The van der Waals surface area contributed by atoms with Crippen molar-refractivity contribution in [1.82, 2.24) is 10.6 Å². The molecule has 1 aliphatic rings. The normalized spacial score (nSPS) is 13.4. The lowest BCUT2D eigenvalue weighted by Crippen LogP contribution is -2.44. The fraction of sp³-hybridized carbons (Fsp3) is 0.500. The predicted molar refractivity (Wildman–Crippen MR) is 79.9 cm³/mol. The lowest BCUT2D eigenvalue weighted by molar-refractivity contribution is -0.121. The topological polar surface area (TPSA) is 59.6 Å². The Morgan fingerprint density at radius 1 is 1.35 bits per heavy atom. The molecule has 0 unspecified atom stereocenters. The zero-order chi connectivity index (χ0) is 14.8. The van der Waals surface area contributed by atoms with Crippen LogP contribution < -0.4 is 20.1 Å². The van der Waals surface area contributed by atoms with Gasteiger partial charge in [-0.1, -0.05) is 0 Å². The van der Waals surface area contributed by atoms with Crippen LogP contribution in [0, 0.1) is 0 Å². The van der Waals surface area contributed by atoms with Crippen LogP contribution in [0.1, 0.15) is 26.3 Å². The highest BCUT2D eigenvalue weighted by molar-refractivity contribution is 9.10. The third kappa shape index (κ3) is 4.11. The Hall–Kier alpha value is -1.27. The van der Waals surface area contributed by atoms with Crippen molar-refractivity contribution >= 4 is 21.8 Å². The summed E-state index contributed by atoms with van der Waals surface area (Å²) in [4.78, 5) is 11.7. The zero-order valence-electron chi connectivity index (χ0n) is 11.9. The maximum atomic E-state index is 11.7. The summed E-state index contributed by atoms with van der Waals surface area (Å²) >= 11 is 3.45. The summed E-state index contributed by atoms with van der Waals surface area (Å²) in [5.41, 5.74) is 0.824. The van der Waals surface area contributed by atoms with E-state index in [4.69, 9.17) is 9.47 Å². The Morgan fingerprint density at radius 2 is 2.10 bits per heavy atom. The molecule has 1 amide bonds. The van der Waals surface area contributed by atoms with Gasteiger partial charge in [-0.2, -0.15) is 0 Å². The van der Waals surface area contributed by atoms with E-state index >= 15 is 0 Å². The fourth-order valence-corrected chi connectivity index (χ4v) is 2.51. The van der Waals surface area contributed by atoms with Crippen LogP contribution in [0.3, 0.4) is 0 Å². The van der Waals surface area contributed by atoms with Crippen LogP contribution in [0.25, 0.3) is 0 Å². The minimum Gasteiger partial charge on any atom is -0.454 e. The molecule has 0 aromatic heterocycles. The molecule has 1 heterocycles. The number of carbonyl (C=O) groups excluding carboxylic acids is 1. The number of ether oxygens (including phenoxy) is 2. The summed E-state index contributed by atoms with van der Waals surface area (Å²) in [6, 6.07) is 3.88. The van der Waals surface area contributed by atoms with E-state index in [1.54, 1.807) is 0 Å². The second-order valence-electron chi connectivity index (χ2n) is 5.71. The molecule has 6 heteroatoms. The average molecular weight is 343 g/mol. The number of nitrogens with one attached hydrogen (secondary N) is 2. The molecule has 0 saturated carbocycles. The Balaban J connectivity index is 1.86. The molecule has 110 valence electrons. The molecule has 0 atom stereocenters. The number of halogens is 1. The van der Waals surface area contributed by atoms with E-state index in [1.807, 2.05) is 32.9 Å². The van der Waals surface area contributed by atoms with Crippen LogP contribution in [-0.2, 0) is 11.3 Å². The van der Waals surface area contributed by atoms with Gasteiger partial charge in [0.1, 0.15) is 0 Å². The van der Waals surface area contributed by atoms with Gasteiger partial charge in [-0.15, -0.1) is 0 Å². The van der Waals surface area contributed by atoms with E-state index < -0.39 is 0 Å². The molecule has 0 aliphatic carbocycles. The van der Waals surface area contributed by atoms with Gasteiger partial charge in [0.2, 0.25) is 12.7 Å². The van der Waals surface area contributed by atoms with E-state index in [2.05, 4.69) is 26.6 Å². The number of hydrogen-bond acceptors (Lipinski definition) is 4. The van der Waals surface area contributed by atoms with E-state index in [9.17, 15) is 4.79 Å². The van der Waals surface area contributed by atoms with Crippen molar-refractivity contribution in [2.24, 2.45) is 0 Å². The number of amides is 1. The van der Waals surface area contributed by atoms with Crippen LogP contribution in [0.5, 0.6) is 11.5 Å². The van der Waals surface area contributed by atoms with Gasteiger partial charge in [0.05, 0.1) is 11.0 Å². The van der Waals surface area contributed by atoms with Crippen LogP contribution in [0.2, 0.25) is 0 Å². The van der Waals surface area contributed by atoms with E-state index in [0.29, 0.717) is 6.54 Å². The Morgan fingerprint density at radius 3 is 2.80 bits per heavy atom. The number of fused-ring (bicyclic) bond motifs is 1. The minimum atomic E-state index is -0.208. The monoisotopic (exact) mass is 342 g/mol. The standard InChI is InChI=1S/C14H19BrN2O3/c1-14(2,3)17-12(18)7-16-6-9-4-10(15)13-11(5-9)19-8-20-13/h4-5,16H,6-8H2,1-3H3,(H,17,18). The lowest BCUT2D eigenvalue weighted by atomic mass is 10.1. The van der Waals surface area contributed by atoms with Gasteiger partial charge < -0.3 is 20.1 Å². The first-order valence-corrected chi connectivity index (χ1v) is 7.24. The van der Waals surface area contributed by atoms with Crippen LogP contribution in [0.4, 0.5) is 0 Å². The molecule has 0 saturated heterocycles. The fourth-order valence-electron chi connectivity index (χ4n) is 1.91. The molecule has 1 aliphatic heterocycles. The SMILES string of the molecule is CC(C)(C)NC(=O)CNCc1cc(Br)c2c(c1)OCO2. The van der Waals surface area contributed by atoms with Gasteiger partial charge in [0.15, 0.2) is 11.5 Å². The first-order valence-electron chi connectivity index (χ1n) is 6.45. The smallest absolute Gasteiger partial charge is 0.234 e. The molecule has 1 aromatic carbocycles. The molecule has 1 aromatic rings. The van der Waals surface area contributed by atoms with E-state index in [0.717, 1.165) is 21.5 Å². The summed E-state index contributed by atoms with van der Waals surface area (Å²) in [5.74, 6) is 1.45. The Bertz CT molecular complexity index is 512. The predicted octanol–water partition coefficient (Wildman–Crippen LogP) is 2.18. The lowest BCUT2D eigenvalue weighted by Gasteiger charge is -2.20. The van der Waals surface area contributed by atoms with Gasteiger partial charge >= 0.3 is 0 Å². The van der Waals surface area contributed by atoms with Crippen molar-refractivity contribution in [3.63, 3.8) is 0 Å². The van der Waals surface area contributed by atoms with Crippen molar-refractivity contribution in [2.45, 2.75) is 32.9 Å². The van der Waals surface area contributed by atoms with E-state index in [-0.39, 0.29) is 24.8 Å². The average Bonchev–Trinajstić information content (AvgIpc) is 2.75. The van der Waals surface area contributed by atoms with Crippen molar-refractivity contribution < 1.29 is 14.3 Å². The Kier molecular flexibility index (Phi) is 4.55. The molecule has 0 fully saturated rings.